The van der Waals surface area contributed by atoms with Gasteiger partial charge in [-0.05, 0) is 38.3 Å². The van der Waals surface area contributed by atoms with Crippen molar-refractivity contribution >= 4 is 12.4 Å². The Kier molecular flexibility index (Phi) is 12.5. The third kappa shape index (κ3) is 8.37. The molecule has 1 aliphatic rings. The van der Waals surface area contributed by atoms with Crippen molar-refractivity contribution in [2.75, 3.05) is 19.6 Å². The minimum absolute atomic E-state index is 0. The lowest BCUT2D eigenvalue weighted by molar-refractivity contribution is 0.169. The second-order valence-electron chi connectivity index (χ2n) is 5.84. The Morgan fingerprint density at radius 1 is 0.944 bits per heavy atom. The van der Waals surface area contributed by atoms with Gasteiger partial charge in [0.05, 0.1) is 0 Å². The zero-order chi connectivity index (χ0) is 12.3. The zero-order valence-corrected chi connectivity index (χ0v) is 13.4. The van der Waals surface area contributed by atoms with E-state index < -0.39 is 0 Å². The SMILES string of the molecule is CCCCCCCCCN1CCCC(CC)C1.Cl. The van der Waals surface area contributed by atoms with Gasteiger partial charge in [-0.3, -0.25) is 0 Å². The van der Waals surface area contributed by atoms with Gasteiger partial charge in [-0.25, -0.2) is 0 Å². The molecule has 0 aromatic rings. The summed E-state index contributed by atoms with van der Waals surface area (Å²) in [5, 5.41) is 0. The number of rotatable bonds is 9. The summed E-state index contributed by atoms with van der Waals surface area (Å²) in [5.41, 5.74) is 0. The van der Waals surface area contributed by atoms with Crippen LogP contribution in [0.15, 0.2) is 0 Å². The van der Waals surface area contributed by atoms with E-state index in [9.17, 15) is 0 Å². The average molecular weight is 276 g/mol. The summed E-state index contributed by atoms with van der Waals surface area (Å²) >= 11 is 0. The predicted molar refractivity (Wildman–Crippen MR) is 84.7 cm³/mol. The summed E-state index contributed by atoms with van der Waals surface area (Å²) < 4.78 is 0. The van der Waals surface area contributed by atoms with Gasteiger partial charge in [0, 0.05) is 6.54 Å². The Hall–Kier alpha value is 0.250. The van der Waals surface area contributed by atoms with Crippen molar-refractivity contribution in [2.45, 2.75) is 78.1 Å². The third-order valence-corrected chi connectivity index (χ3v) is 4.26. The largest absolute Gasteiger partial charge is 0.303 e. The molecule has 1 saturated heterocycles. The third-order valence-electron chi connectivity index (χ3n) is 4.26. The summed E-state index contributed by atoms with van der Waals surface area (Å²) in [6, 6.07) is 0. The van der Waals surface area contributed by atoms with E-state index in [0.717, 1.165) is 5.92 Å². The van der Waals surface area contributed by atoms with Crippen molar-refractivity contribution < 1.29 is 0 Å². The summed E-state index contributed by atoms with van der Waals surface area (Å²) in [6.45, 7) is 8.76. The molecule has 0 amide bonds. The molecule has 110 valence electrons. The Labute approximate surface area is 121 Å². The Balaban J connectivity index is 0.00000289. The van der Waals surface area contributed by atoms with E-state index in [1.807, 2.05) is 0 Å². The van der Waals surface area contributed by atoms with E-state index in [1.165, 1.54) is 83.8 Å². The Morgan fingerprint density at radius 2 is 1.61 bits per heavy atom. The molecule has 1 fully saturated rings. The second-order valence-corrected chi connectivity index (χ2v) is 5.84. The van der Waals surface area contributed by atoms with Crippen molar-refractivity contribution in [2.24, 2.45) is 5.92 Å². The van der Waals surface area contributed by atoms with E-state index in [4.69, 9.17) is 0 Å². The van der Waals surface area contributed by atoms with Crippen LogP contribution in [0, 0.1) is 5.92 Å². The lowest BCUT2D eigenvalue weighted by Crippen LogP contribution is -2.35. The maximum atomic E-state index is 2.71. The molecule has 0 radical (unpaired) electrons. The van der Waals surface area contributed by atoms with Gasteiger partial charge in [0.2, 0.25) is 0 Å². The summed E-state index contributed by atoms with van der Waals surface area (Å²) in [7, 11) is 0. The van der Waals surface area contributed by atoms with Crippen LogP contribution in [0.4, 0.5) is 0 Å². The quantitative estimate of drug-likeness (QED) is 0.518. The first-order chi connectivity index (χ1) is 8.36. The summed E-state index contributed by atoms with van der Waals surface area (Å²) in [5.74, 6) is 0.994. The molecule has 1 atom stereocenters. The van der Waals surface area contributed by atoms with E-state index in [0.29, 0.717) is 0 Å². The monoisotopic (exact) mass is 275 g/mol. The number of likely N-dealkylation sites (tertiary alicyclic amines) is 1. The first-order valence-electron chi connectivity index (χ1n) is 8.09. The summed E-state index contributed by atoms with van der Waals surface area (Å²) in [4.78, 5) is 2.71. The van der Waals surface area contributed by atoms with Crippen LogP contribution in [0.5, 0.6) is 0 Å². The first-order valence-corrected chi connectivity index (χ1v) is 8.09. The predicted octanol–water partition coefficient (Wildman–Crippen LogP) is 5.28. The number of unbranched alkanes of at least 4 members (excludes halogenated alkanes) is 6. The number of piperidine rings is 1. The van der Waals surface area contributed by atoms with E-state index >= 15 is 0 Å². The molecule has 1 rings (SSSR count). The standard InChI is InChI=1S/C16H33N.ClH/c1-3-5-6-7-8-9-10-13-17-14-11-12-16(4-2)15-17;/h16H,3-15H2,1-2H3;1H. The van der Waals surface area contributed by atoms with Gasteiger partial charge in [-0.15, -0.1) is 12.4 Å². The van der Waals surface area contributed by atoms with Crippen LogP contribution in [0.3, 0.4) is 0 Å². The van der Waals surface area contributed by atoms with Crippen LogP contribution in [0.1, 0.15) is 78.1 Å². The molecule has 1 aliphatic heterocycles. The van der Waals surface area contributed by atoms with Crippen molar-refractivity contribution in [1.29, 1.82) is 0 Å². The topological polar surface area (TPSA) is 3.24 Å². The van der Waals surface area contributed by atoms with Crippen LogP contribution >= 0.6 is 12.4 Å². The number of hydrogen-bond acceptors (Lipinski definition) is 1. The molecule has 0 aromatic carbocycles. The van der Waals surface area contributed by atoms with Crippen LogP contribution in [-0.2, 0) is 0 Å². The number of hydrogen-bond donors (Lipinski definition) is 0. The molecule has 0 saturated carbocycles. The molecule has 0 spiro atoms. The molecule has 1 heterocycles. The molecule has 1 unspecified atom stereocenters. The normalized spacial score (nSPS) is 20.7. The molecule has 0 N–H and O–H groups in total. The smallest absolute Gasteiger partial charge is 0.000956 e. The number of halogens is 1. The van der Waals surface area contributed by atoms with Gasteiger partial charge in [-0.1, -0.05) is 58.8 Å². The first kappa shape index (κ1) is 18.2. The molecule has 0 bridgehead atoms. The minimum Gasteiger partial charge on any atom is -0.303 e. The molecule has 18 heavy (non-hydrogen) atoms. The van der Waals surface area contributed by atoms with Gasteiger partial charge in [0.15, 0.2) is 0 Å². The van der Waals surface area contributed by atoms with Gasteiger partial charge in [-0.2, -0.15) is 0 Å². The lowest BCUT2D eigenvalue weighted by atomic mass is 9.95. The van der Waals surface area contributed by atoms with Crippen molar-refractivity contribution in [3.8, 4) is 0 Å². The highest BCUT2D eigenvalue weighted by Crippen LogP contribution is 2.19. The molecule has 1 nitrogen and oxygen atoms in total. The fourth-order valence-corrected chi connectivity index (χ4v) is 2.98. The highest BCUT2D eigenvalue weighted by Gasteiger charge is 2.17. The highest BCUT2D eigenvalue weighted by atomic mass is 35.5. The van der Waals surface area contributed by atoms with Gasteiger partial charge in [0.1, 0.15) is 0 Å². The summed E-state index contributed by atoms with van der Waals surface area (Å²) in [6.07, 6.45) is 14.4. The molecule has 0 aromatic heterocycles. The molecular formula is C16H34ClN. The molecular weight excluding hydrogens is 242 g/mol. The van der Waals surface area contributed by atoms with Gasteiger partial charge < -0.3 is 4.90 Å². The van der Waals surface area contributed by atoms with Crippen LogP contribution in [0.2, 0.25) is 0 Å². The molecule has 2 heteroatoms. The fourth-order valence-electron chi connectivity index (χ4n) is 2.98. The maximum absolute atomic E-state index is 2.71. The fraction of sp³-hybridized carbons (Fsp3) is 1.00. The minimum atomic E-state index is 0. The van der Waals surface area contributed by atoms with Crippen LogP contribution < -0.4 is 0 Å². The average Bonchev–Trinajstić information content (AvgIpc) is 2.38. The molecule has 0 aliphatic carbocycles. The zero-order valence-electron chi connectivity index (χ0n) is 12.6. The van der Waals surface area contributed by atoms with Crippen molar-refractivity contribution in [3.05, 3.63) is 0 Å². The van der Waals surface area contributed by atoms with Gasteiger partial charge in [0.25, 0.3) is 0 Å². The van der Waals surface area contributed by atoms with Crippen molar-refractivity contribution in [1.82, 2.24) is 4.90 Å². The van der Waals surface area contributed by atoms with E-state index in [2.05, 4.69) is 18.7 Å². The van der Waals surface area contributed by atoms with Crippen molar-refractivity contribution in [3.63, 3.8) is 0 Å². The van der Waals surface area contributed by atoms with E-state index in [-0.39, 0.29) is 12.4 Å². The van der Waals surface area contributed by atoms with Crippen LogP contribution in [-0.4, -0.2) is 24.5 Å². The Bertz CT molecular complexity index is 172. The lowest BCUT2D eigenvalue weighted by Gasteiger charge is -2.32. The highest BCUT2D eigenvalue weighted by molar-refractivity contribution is 5.85. The van der Waals surface area contributed by atoms with Gasteiger partial charge >= 0.3 is 0 Å². The van der Waals surface area contributed by atoms with E-state index in [1.54, 1.807) is 0 Å². The number of nitrogens with zero attached hydrogens (tertiary/aromatic N) is 1. The second kappa shape index (κ2) is 12.3. The van der Waals surface area contributed by atoms with Crippen LogP contribution in [0.25, 0.3) is 0 Å². The Morgan fingerprint density at radius 3 is 2.28 bits per heavy atom. The maximum Gasteiger partial charge on any atom is 0.000956 e.